The van der Waals surface area contributed by atoms with E-state index >= 15 is 0 Å². The summed E-state index contributed by atoms with van der Waals surface area (Å²) in [5.41, 5.74) is 1.07. The lowest BCUT2D eigenvalue weighted by molar-refractivity contribution is 0.816. The second-order valence-corrected chi connectivity index (χ2v) is 2.71. The quantitative estimate of drug-likeness (QED) is 0.698. The minimum Gasteiger partial charge on any atom is -0.357 e. The predicted octanol–water partition coefficient (Wildman–Crippen LogP) is 1.64. The van der Waals surface area contributed by atoms with Crippen molar-refractivity contribution in [2.45, 2.75) is 19.8 Å². The molecule has 1 heterocycles. The molecule has 0 aromatic carbocycles. The molecule has 3 nitrogen and oxygen atoms in total. The maximum atomic E-state index is 4.27. The first-order valence-corrected chi connectivity index (χ1v) is 3.74. The van der Waals surface area contributed by atoms with Crippen molar-refractivity contribution in [1.29, 1.82) is 0 Å². The average Bonchev–Trinajstić information content (AvgIpc) is 2.05. The van der Waals surface area contributed by atoms with Gasteiger partial charge in [0.1, 0.15) is 0 Å². The van der Waals surface area contributed by atoms with Crippen LogP contribution in [0.4, 0.5) is 5.95 Å². The van der Waals surface area contributed by atoms with E-state index in [0.717, 1.165) is 5.69 Å². The lowest BCUT2D eigenvalue weighted by Gasteiger charge is -2.04. The number of hydrogen-bond acceptors (Lipinski definition) is 3. The smallest absolute Gasteiger partial charge is 0.222 e. The summed E-state index contributed by atoms with van der Waals surface area (Å²) in [6, 6.07) is 1.94. The largest absolute Gasteiger partial charge is 0.357 e. The Morgan fingerprint density at radius 3 is 2.73 bits per heavy atom. The third kappa shape index (κ3) is 1.90. The second-order valence-electron chi connectivity index (χ2n) is 2.71. The minimum atomic E-state index is 0.463. The van der Waals surface area contributed by atoms with Crippen molar-refractivity contribution in [3.63, 3.8) is 0 Å². The van der Waals surface area contributed by atoms with Gasteiger partial charge in [-0.05, 0) is 12.0 Å². The first kappa shape index (κ1) is 7.98. The summed E-state index contributed by atoms with van der Waals surface area (Å²) in [6.45, 7) is 4.23. The summed E-state index contributed by atoms with van der Waals surface area (Å²) in [4.78, 5) is 8.29. The molecule has 0 amide bonds. The molecule has 0 fully saturated rings. The zero-order valence-corrected chi connectivity index (χ0v) is 7.13. The maximum Gasteiger partial charge on any atom is 0.222 e. The highest BCUT2D eigenvalue weighted by atomic mass is 15.1. The van der Waals surface area contributed by atoms with Crippen LogP contribution < -0.4 is 5.32 Å². The van der Waals surface area contributed by atoms with Crippen LogP contribution in [0.3, 0.4) is 0 Å². The molecule has 3 heteroatoms. The molecule has 0 aliphatic rings. The third-order valence-corrected chi connectivity index (χ3v) is 1.49. The van der Waals surface area contributed by atoms with Crippen LogP contribution in [0, 0.1) is 0 Å². The Hall–Kier alpha value is -1.12. The molecule has 1 aromatic rings. The van der Waals surface area contributed by atoms with Gasteiger partial charge in [-0.2, -0.15) is 0 Å². The Kier molecular flexibility index (Phi) is 2.41. The van der Waals surface area contributed by atoms with Crippen LogP contribution >= 0.6 is 0 Å². The fraction of sp³-hybridized carbons (Fsp3) is 0.500. The van der Waals surface area contributed by atoms with Gasteiger partial charge in [0.15, 0.2) is 0 Å². The zero-order valence-electron chi connectivity index (χ0n) is 7.13. The van der Waals surface area contributed by atoms with Crippen molar-refractivity contribution in [2.24, 2.45) is 0 Å². The van der Waals surface area contributed by atoms with Gasteiger partial charge in [0, 0.05) is 18.9 Å². The summed E-state index contributed by atoms with van der Waals surface area (Å²) in [5.74, 6) is 1.15. The van der Waals surface area contributed by atoms with Gasteiger partial charge in [-0.3, -0.25) is 0 Å². The van der Waals surface area contributed by atoms with Crippen molar-refractivity contribution in [3.8, 4) is 0 Å². The van der Waals surface area contributed by atoms with E-state index in [2.05, 4.69) is 29.1 Å². The standard InChI is InChI=1S/C8H13N3/c1-6(2)7-4-5-10-8(9-3)11-7/h4-6H,1-3H3,(H,9,10,11). The molecule has 1 aromatic heterocycles. The number of anilines is 1. The summed E-state index contributed by atoms with van der Waals surface area (Å²) >= 11 is 0. The molecular weight excluding hydrogens is 138 g/mol. The van der Waals surface area contributed by atoms with E-state index in [9.17, 15) is 0 Å². The Morgan fingerprint density at radius 1 is 1.45 bits per heavy atom. The minimum absolute atomic E-state index is 0.463. The number of hydrogen-bond donors (Lipinski definition) is 1. The first-order valence-electron chi connectivity index (χ1n) is 3.74. The normalized spacial score (nSPS) is 10.2. The summed E-state index contributed by atoms with van der Waals surface area (Å²) < 4.78 is 0. The molecular formula is C8H13N3. The number of rotatable bonds is 2. The van der Waals surface area contributed by atoms with Gasteiger partial charge in [0.05, 0.1) is 0 Å². The fourth-order valence-electron chi connectivity index (χ4n) is 0.815. The van der Waals surface area contributed by atoms with Crippen molar-refractivity contribution in [3.05, 3.63) is 18.0 Å². The van der Waals surface area contributed by atoms with Crippen LogP contribution in [0.5, 0.6) is 0 Å². The molecule has 11 heavy (non-hydrogen) atoms. The Morgan fingerprint density at radius 2 is 2.18 bits per heavy atom. The van der Waals surface area contributed by atoms with Crippen molar-refractivity contribution in [2.75, 3.05) is 12.4 Å². The van der Waals surface area contributed by atoms with E-state index in [1.165, 1.54) is 0 Å². The second kappa shape index (κ2) is 3.32. The van der Waals surface area contributed by atoms with Crippen molar-refractivity contribution >= 4 is 5.95 Å². The summed E-state index contributed by atoms with van der Waals surface area (Å²) in [5, 5.41) is 2.90. The van der Waals surface area contributed by atoms with Gasteiger partial charge in [-0.15, -0.1) is 0 Å². The van der Waals surface area contributed by atoms with E-state index in [4.69, 9.17) is 0 Å². The molecule has 0 saturated carbocycles. The van der Waals surface area contributed by atoms with Crippen molar-refractivity contribution in [1.82, 2.24) is 9.97 Å². The van der Waals surface area contributed by atoms with Crippen LogP contribution in [0.2, 0.25) is 0 Å². The van der Waals surface area contributed by atoms with E-state index < -0.39 is 0 Å². The summed E-state index contributed by atoms with van der Waals surface area (Å²) in [6.07, 6.45) is 1.77. The average molecular weight is 151 g/mol. The lowest BCUT2D eigenvalue weighted by atomic mass is 10.1. The number of aromatic nitrogens is 2. The Labute approximate surface area is 66.9 Å². The van der Waals surface area contributed by atoms with E-state index in [1.807, 2.05) is 13.1 Å². The third-order valence-electron chi connectivity index (χ3n) is 1.49. The summed E-state index contributed by atoms with van der Waals surface area (Å²) in [7, 11) is 1.82. The van der Waals surface area contributed by atoms with Gasteiger partial charge in [0.2, 0.25) is 5.95 Å². The molecule has 0 spiro atoms. The molecule has 0 saturated heterocycles. The van der Waals surface area contributed by atoms with E-state index in [0.29, 0.717) is 11.9 Å². The molecule has 0 atom stereocenters. The first-order chi connectivity index (χ1) is 5.24. The van der Waals surface area contributed by atoms with E-state index in [1.54, 1.807) is 6.20 Å². The Bertz CT molecular complexity index is 233. The van der Waals surface area contributed by atoms with Gasteiger partial charge < -0.3 is 5.32 Å². The molecule has 60 valence electrons. The monoisotopic (exact) mass is 151 g/mol. The maximum absolute atomic E-state index is 4.27. The van der Waals surface area contributed by atoms with Crippen LogP contribution in [-0.4, -0.2) is 17.0 Å². The molecule has 0 radical (unpaired) electrons. The molecule has 1 N–H and O–H groups in total. The highest BCUT2D eigenvalue weighted by molar-refractivity contribution is 5.24. The molecule has 0 bridgehead atoms. The zero-order chi connectivity index (χ0) is 8.27. The predicted molar refractivity (Wildman–Crippen MR) is 45.7 cm³/mol. The number of nitrogens with one attached hydrogen (secondary N) is 1. The van der Waals surface area contributed by atoms with E-state index in [-0.39, 0.29) is 0 Å². The van der Waals surface area contributed by atoms with Gasteiger partial charge in [-0.25, -0.2) is 9.97 Å². The Balaban J connectivity index is 2.91. The molecule has 0 aliphatic heterocycles. The van der Waals surface area contributed by atoms with Crippen LogP contribution in [0.1, 0.15) is 25.5 Å². The molecule has 0 aliphatic carbocycles. The van der Waals surface area contributed by atoms with Crippen LogP contribution in [0.15, 0.2) is 12.3 Å². The van der Waals surface area contributed by atoms with Gasteiger partial charge in [0.25, 0.3) is 0 Å². The van der Waals surface area contributed by atoms with Gasteiger partial charge >= 0.3 is 0 Å². The molecule has 1 rings (SSSR count). The fourth-order valence-corrected chi connectivity index (χ4v) is 0.815. The lowest BCUT2D eigenvalue weighted by Crippen LogP contribution is -1.99. The SMILES string of the molecule is CNc1nccc(C(C)C)n1. The van der Waals surface area contributed by atoms with Crippen molar-refractivity contribution < 1.29 is 0 Å². The number of nitrogens with zero attached hydrogens (tertiary/aromatic N) is 2. The highest BCUT2D eigenvalue weighted by Crippen LogP contribution is 2.10. The van der Waals surface area contributed by atoms with Crippen LogP contribution in [-0.2, 0) is 0 Å². The van der Waals surface area contributed by atoms with Gasteiger partial charge in [-0.1, -0.05) is 13.8 Å². The highest BCUT2D eigenvalue weighted by Gasteiger charge is 2.00. The molecule has 0 unspecified atom stereocenters. The topological polar surface area (TPSA) is 37.8 Å². The van der Waals surface area contributed by atoms with Crippen LogP contribution in [0.25, 0.3) is 0 Å².